The minimum Gasteiger partial charge on any atom is -0.381 e. The van der Waals surface area contributed by atoms with Crippen molar-refractivity contribution >= 4 is 17.5 Å². The number of imide groups is 1. The van der Waals surface area contributed by atoms with Crippen molar-refractivity contribution in [3.8, 4) is 0 Å². The van der Waals surface area contributed by atoms with Crippen LogP contribution in [0.3, 0.4) is 0 Å². The largest absolute Gasteiger partial charge is 0.381 e. The molecule has 1 aromatic heterocycles. The van der Waals surface area contributed by atoms with Gasteiger partial charge < -0.3 is 9.88 Å². The van der Waals surface area contributed by atoms with Gasteiger partial charge in [-0.1, -0.05) is 0 Å². The first-order chi connectivity index (χ1) is 9.67. The number of rotatable bonds is 4. The highest BCUT2D eigenvalue weighted by Crippen LogP contribution is 2.20. The van der Waals surface area contributed by atoms with Crippen LogP contribution >= 0.6 is 0 Å². The zero-order chi connectivity index (χ0) is 14.1. The lowest BCUT2D eigenvalue weighted by molar-refractivity contribution is 0.0879. The summed E-state index contributed by atoms with van der Waals surface area (Å²) in [4.78, 5) is 23.0. The molecule has 2 aromatic rings. The van der Waals surface area contributed by atoms with Gasteiger partial charge in [0.1, 0.15) is 0 Å². The fourth-order valence-electron chi connectivity index (χ4n) is 2.27. The minimum atomic E-state index is -0.328. The normalized spacial score (nSPS) is 13.2. The number of carbonyl (C=O) groups excluding carboxylic acids is 2. The van der Waals surface area contributed by atoms with E-state index in [2.05, 4.69) is 34.4 Å². The smallest absolute Gasteiger partial charge is 0.259 e. The van der Waals surface area contributed by atoms with Crippen molar-refractivity contribution in [1.29, 1.82) is 0 Å². The first-order valence-corrected chi connectivity index (χ1v) is 6.55. The standard InChI is InChI=1S/C15H15N3O2/c1-2-18-6-5-10(9-18)8-16-11-3-4-12-13(7-11)15(20)17-14(12)19/h3-7,9,16H,2,8H2,1H3,(H,17,19,20). The minimum absolute atomic E-state index is 0.323. The Hall–Kier alpha value is -2.56. The third-order valence-corrected chi connectivity index (χ3v) is 3.41. The molecule has 1 aliphatic rings. The van der Waals surface area contributed by atoms with Gasteiger partial charge in [0.25, 0.3) is 11.8 Å². The molecule has 2 heterocycles. The Balaban J connectivity index is 1.74. The molecule has 0 atom stereocenters. The topological polar surface area (TPSA) is 63.1 Å². The number of nitrogens with one attached hydrogen (secondary N) is 2. The van der Waals surface area contributed by atoms with Crippen molar-refractivity contribution in [2.24, 2.45) is 0 Å². The Morgan fingerprint density at radius 3 is 2.70 bits per heavy atom. The fraction of sp³-hybridized carbons (Fsp3) is 0.200. The van der Waals surface area contributed by atoms with E-state index in [0.29, 0.717) is 17.7 Å². The number of hydrogen-bond acceptors (Lipinski definition) is 3. The van der Waals surface area contributed by atoms with Gasteiger partial charge in [-0.25, -0.2) is 0 Å². The quantitative estimate of drug-likeness (QED) is 0.834. The summed E-state index contributed by atoms with van der Waals surface area (Å²) in [5.41, 5.74) is 2.88. The van der Waals surface area contributed by atoms with Crippen molar-refractivity contribution < 1.29 is 9.59 Å². The summed E-state index contributed by atoms with van der Waals surface area (Å²) in [5, 5.41) is 5.54. The summed E-state index contributed by atoms with van der Waals surface area (Å²) >= 11 is 0. The van der Waals surface area contributed by atoms with Crippen LogP contribution in [0.2, 0.25) is 0 Å². The first-order valence-electron chi connectivity index (χ1n) is 6.55. The second kappa shape index (κ2) is 4.85. The molecule has 0 aliphatic carbocycles. The molecule has 0 saturated heterocycles. The number of carbonyl (C=O) groups is 2. The average molecular weight is 269 g/mol. The van der Waals surface area contributed by atoms with E-state index in [0.717, 1.165) is 12.2 Å². The molecule has 1 aliphatic heterocycles. The van der Waals surface area contributed by atoms with Crippen LogP contribution in [-0.4, -0.2) is 16.4 Å². The van der Waals surface area contributed by atoms with Crippen LogP contribution in [0, 0.1) is 0 Å². The Morgan fingerprint density at radius 2 is 1.95 bits per heavy atom. The summed E-state index contributed by atoms with van der Waals surface area (Å²) in [6, 6.07) is 7.26. The molecule has 0 spiro atoms. The Morgan fingerprint density at radius 1 is 1.15 bits per heavy atom. The van der Waals surface area contributed by atoms with Crippen LogP contribution in [0.5, 0.6) is 0 Å². The van der Waals surface area contributed by atoms with Gasteiger partial charge in [-0.2, -0.15) is 0 Å². The van der Waals surface area contributed by atoms with Crippen molar-refractivity contribution in [1.82, 2.24) is 9.88 Å². The average Bonchev–Trinajstić information content (AvgIpc) is 3.02. The summed E-state index contributed by atoms with van der Waals surface area (Å²) in [6.45, 7) is 3.72. The van der Waals surface area contributed by atoms with E-state index in [-0.39, 0.29) is 11.8 Å². The highest BCUT2D eigenvalue weighted by Gasteiger charge is 2.26. The van der Waals surface area contributed by atoms with Gasteiger partial charge >= 0.3 is 0 Å². The summed E-state index contributed by atoms with van der Waals surface area (Å²) in [7, 11) is 0. The Bertz CT molecular complexity index is 688. The molecule has 2 N–H and O–H groups in total. The van der Waals surface area contributed by atoms with Crippen LogP contribution in [0.25, 0.3) is 0 Å². The maximum atomic E-state index is 11.6. The first kappa shape index (κ1) is 12.5. The number of anilines is 1. The number of aryl methyl sites for hydroxylation is 1. The van der Waals surface area contributed by atoms with Gasteiger partial charge in [0.2, 0.25) is 0 Å². The van der Waals surface area contributed by atoms with Gasteiger partial charge in [0.05, 0.1) is 11.1 Å². The van der Waals surface area contributed by atoms with Gasteiger partial charge in [-0.15, -0.1) is 0 Å². The molecule has 2 amide bonds. The van der Waals surface area contributed by atoms with Gasteiger partial charge in [-0.05, 0) is 36.8 Å². The van der Waals surface area contributed by atoms with Gasteiger partial charge in [0.15, 0.2) is 0 Å². The predicted octanol–water partition coefficient (Wildman–Crippen LogP) is 2.00. The molecule has 3 rings (SSSR count). The lowest BCUT2D eigenvalue weighted by Gasteiger charge is -2.06. The summed E-state index contributed by atoms with van der Waals surface area (Å²) in [6.07, 6.45) is 4.11. The van der Waals surface area contributed by atoms with Crippen LogP contribution in [0.4, 0.5) is 5.69 Å². The van der Waals surface area contributed by atoms with E-state index in [1.807, 2.05) is 12.3 Å². The number of hydrogen-bond donors (Lipinski definition) is 2. The van der Waals surface area contributed by atoms with E-state index in [9.17, 15) is 9.59 Å². The summed E-state index contributed by atoms with van der Waals surface area (Å²) < 4.78 is 2.10. The number of aromatic nitrogens is 1. The van der Waals surface area contributed by atoms with Gasteiger partial charge in [-0.3, -0.25) is 14.9 Å². The molecule has 0 unspecified atom stereocenters. The predicted molar refractivity (Wildman–Crippen MR) is 75.7 cm³/mol. The number of benzene rings is 1. The van der Waals surface area contributed by atoms with Crippen LogP contribution in [-0.2, 0) is 13.1 Å². The Kier molecular flexibility index (Phi) is 3.02. The number of fused-ring (bicyclic) bond motifs is 1. The monoisotopic (exact) mass is 269 g/mol. The Labute approximate surface area is 116 Å². The van der Waals surface area contributed by atoms with E-state index in [1.165, 1.54) is 5.56 Å². The van der Waals surface area contributed by atoms with Crippen LogP contribution < -0.4 is 10.6 Å². The number of amides is 2. The zero-order valence-corrected chi connectivity index (χ0v) is 11.1. The lowest BCUT2D eigenvalue weighted by atomic mass is 10.1. The molecule has 5 nitrogen and oxygen atoms in total. The molecule has 0 saturated carbocycles. The second-order valence-corrected chi connectivity index (χ2v) is 4.75. The van der Waals surface area contributed by atoms with E-state index < -0.39 is 0 Å². The molecular formula is C15H15N3O2. The van der Waals surface area contributed by atoms with Crippen molar-refractivity contribution in [2.75, 3.05) is 5.32 Å². The molecule has 0 radical (unpaired) electrons. The molecular weight excluding hydrogens is 254 g/mol. The summed E-state index contributed by atoms with van der Waals surface area (Å²) in [5.74, 6) is -0.651. The van der Waals surface area contributed by atoms with E-state index >= 15 is 0 Å². The van der Waals surface area contributed by atoms with Crippen LogP contribution in [0.15, 0.2) is 36.7 Å². The third kappa shape index (κ3) is 2.18. The highest BCUT2D eigenvalue weighted by molar-refractivity contribution is 6.21. The molecule has 5 heteroatoms. The van der Waals surface area contributed by atoms with Crippen molar-refractivity contribution in [3.63, 3.8) is 0 Å². The fourth-order valence-corrected chi connectivity index (χ4v) is 2.27. The van der Waals surface area contributed by atoms with E-state index in [1.54, 1.807) is 12.1 Å². The van der Waals surface area contributed by atoms with Crippen LogP contribution in [0.1, 0.15) is 33.2 Å². The lowest BCUT2D eigenvalue weighted by Crippen LogP contribution is -2.19. The molecule has 1 aromatic carbocycles. The maximum Gasteiger partial charge on any atom is 0.259 e. The molecule has 0 fully saturated rings. The molecule has 102 valence electrons. The van der Waals surface area contributed by atoms with E-state index in [4.69, 9.17) is 0 Å². The van der Waals surface area contributed by atoms with Gasteiger partial charge in [0, 0.05) is 31.2 Å². The molecule has 0 bridgehead atoms. The van der Waals surface area contributed by atoms with Crippen molar-refractivity contribution in [3.05, 3.63) is 53.3 Å². The third-order valence-electron chi connectivity index (χ3n) is 3.41. The maximum absolute atomic E-state index is 11.6. The molecule has 20 heavy (non-hydrogen) atoms. The second-order valence-electron chi connectivity index (χ2n) is 4.75. The SMILES string of the molecule is CCn1ccc(CNc2ccc3c(c2)C(=O)NC3=O)c1. The highest BCUT2D eigenvalue weighted by atomic mass is 16.2. The van der Waals surface area contributed by atoms with Crippen molar-refractivity contribution in [2.45, 2.75) is 20.0 Å². The zero-order valence-electron chi connectivity index (χ0n) is 11.1. The number of nitrogens with zero attached hydrogens (tertiary/aromatic N) is 1.